The molecule has 180 valence electrons. The molecule has 1 aliphatic heterocycles. The molecule has 6 rings (SSSR count). The van der Waals surface area contributed by atoms with Gasteiger partial charge in [0, 0.05) is 12.4 Å². The number of rotatable bonds is 8. The topological polar surface area (TPSA) is 73.6 Å². The average molecular weight is 460 g/mol. The Balaban J connectivity index is 1.27. The molecule has 4 fully saturated rings. The van der Waals surface area contributed by atoms with E-state index in [-0.39, 0.29) is 30.5 Å². The molecule has 6 atom stereocenters. The highest BCUT2D eigenvalue weighted by Crippen LogP contribution is 2.66. The molecule has 3 N–H and O–H groups in total. The first-order chi connectivity index (χ1) is 16.3. The van der Waals surface area contributed by atoms with Crippen LogP contribution in [0.15, 0.2) is 60.7 Å². The third-order valence-corrected chi connectivity index (χ3v) is 8.87. The van der Waals surface area contributed by atoms with Gasteiger partial charge in [0.05, 0.1) is 17.7 Å². The monoisotopic (exact) mass is 460 g/mol. The lowest BCUT2D eigenvalue weighted by atomic mass is 9.43. The lowest BCUT2D eigenvalue weighted by Crippen LogP contribution is -2.65. The van der Waals surface area contributed by atoms with Crippen molar-refractivity contribution in [2.75, 3.05) is 6.54 Å². The number of carbonyl (C=O) groups excluding carboxylic acids is 1. The molecule has 6 heteroatoms. The van der Waals surface area contributed by atoms with Gasteiger partial charge in [-0.1, -0.05) is 74.5 Å². The molecular weight excluding hydrogens is 423 g/mol. The standard InChI is InChI=1S/C28H37BN2O3/c1-27(2)21-16-24(27)28(3)25(17-21)33-29(34-28)22(14-19-10-6-4-7-11-19)18-31-26(32)23(30)15-20-12-8-5-9-13-20/h4-13,21-25H,14-18,30H2,1-3H3,(H,31,32)/t21-,22?,23+,24-,25+,28-/m1/s1. The number of nitrogens with one attached hydrogen (secondary N) is 1. The van der Waals surface area contributed by atoms with E-state index in [0.29, 0.717) is 30.2 Å². The first kappa shape index (κ1) is 23.6. The minimum atomic E-state index is -0.585. The van der Waals surface area contributed by atoms with Crippen molar-refractivity contribution in [3.05, 3.63) is 71.8 Å². The van der Waals surface area contributed by atoms with Crippen molar-refractivity contribution in [3.63, 3.8) is 0 Å². The Morgan fingerprint density at radius 3 is 2.26 bits per heavy atom. The molecule has 5 nitrogen and oxygen atoms in total. The van der Waals surface area contributed by atoms with E-state index in [4.69, 9.17) is 15.0 Å². The molecule has 1 saturated heterocycles. The maximum Gasteiger partial charge on any atom is 0.463 e. The predicted octanol–water partition coefficient (Wildman–Crippen LogP) is 4.01. The van der Waals surface area contributed by atoms with Crippen LogP contribution in [0.4, 0.5) is 0 Å². The summed E-state index contributed by atoms with van der Waals surface area (Å²) in [5.74, 6) is 1.10. The summed E-state index contributed by atoms with van der Waals surface area (Å²) in [6, 6.07) is 19.7. The van der Waals surface area contributed by atoms with Gasteiger partial charge in [-0.05, 0) is 61.0 Å². The fourth-order valence-corrected chi connectivity index (χ4v) is 6.61. The van der Waals surface area contributed by atoms with Crippen LogP contribution in [-0.4, -0.2) is 37.3 Å². The fraction of sp³-hybridized carbons (Fsp3) is 0.536. The van der Waals surface area contributed by atoms with Crippen molar-refractivity contribution < 1.29 is 14.1 Å². The molecule has 2 aromatic carbocycles. The van der Waals surface area contributed by atoms with Gasteiger partial charge in [0.25, 0.3) is 0 Å². The molecule has 1 heterocycles. The van der Waals surface area contributed by atoms with Crippen molar-refractivity contribution in [1.29, 1.82) is 0 Å². The third-order valence-electron chi connectivity index (χ3n) is 8.87. The first-order valence-corrected chi connectivity index (χ1v) is 12.7. The van der Waals surface area contributed by atoms with E-state index in [0.717, 1.165) is 18.4 Å². The van der Waals surface area contributed by atoms with E-state index in [2.05, 4.69) is 50.4 Å². The Labute approximate surface area is 203 Å². The van der Waals surface area contributed by atoms with Crippen LogP contribution in [0.25, 0.3) is 0 Å². The van der Waals surface area contributed by atoms with Crippen LogP contribution in [-0.2, 0) is 26.9 Å². The Kier molecular flexibility index (Phi) is 6.34. The van der Waals surface area contributed by atoms with E-state index in [1.54, 1.807) is 0 Å². The van der Waals surface area contributed by atoms with Crippen LogP contribution in [0.1, 0.15) is 44.7 Å². The maximum absolute atomic E-state index is 12.9. The van der Waals surface area contributed by atoms with E-state index >= 15 is 0 Å². The molecule has 0 aromatic heterocycles. The summed E-state index contributed by atoms with van der Waals surface area (Å²) in [6.45, 7) is 7.47. The molecule has 1 unspecified atom stereocenters. The van der Waals surface area contributed by atoms with Crippen molar-refractivity contribution in [1.82, 2.24) is 5.32 Å². The van der Waals surface area contributed by atoms with Crippen molar-refractivity contribution in [2.24, 2.45) is 23.0 Å². The Morgan fingerprint density at radius 1 is 1.03 bits per heavy atom. The van der Waals surface area contributed by atoms with Crippen LogP contribution in [0.2, 0.25) is 5.82 Å². The summed E-state index contributed by atoms with van der Waals surface area (Å²) in [5, 5.41) is 3.11. The zero-order chi connectivity index (χ0) is 23.9. The smallest absolute Gasteiger partial charge is 0.405 e. The first-order valence-electron chi connectivity index (χ1n) is 12.7. The van der Waals surface area contributed by atoms with E-state index < -0.39 is 6.04 Å². The minimum Gasteiger partial charge on any atom is -0.405 e. The number of carbonyl (C=O) groups is 1. The number of benzene rings is 2. The molecule has 4 aliphatic rings. The Morgan fingerprint density at radius 2 is 1.65 bits per heavy atom. The van der Waals surface area contributed by atoms with Crippen LogP contribution in [0.3, 0.4) is 0 Å². The molecule has 3 saturated carbocycles. The van der Waals surface area contributed by atoms with Gasteiger partial charge in [0.2, 0.25) is 5.91 Å². The zero-order valence-electron chi connectivity index (χ0n) is 20.6. The van der Waals surface area contributed by atoms with Gasteiger partial charge in [-0.2, -0.15) is 0 Å². The van der Waals surface area contributed by atoms with Crippen LogP contribution in [0, 0.1) is 17.3 Å². The quantitative estimate of drug-likeness (QED) is 0.584. The third kappa shape index (κ3) is 4.32. The molecule has 0 radical (unpaired) electrons. The summed E-state index contributed by atoms with van der Waals surface area (Å²) in [5.41, 5.74) is 8.56. The summed E-state index contributed by atoms with van der Waals surface area (Å²) in [7, 11) is -0.337. The van der Waals surface area contributed by atoms with Crippen molar-refractivity contribution in [2.45, 2.75) is 70.0 Å². The van der Waals surface area contributed by atoms with Crippen molar-refractivity contribution >= 4 is 13.0 Å². The largest absolute Gasteiger partial charge is 0.463 e. The maximum atomic E-state index is 12.9. The predicted molar refractivity (Wildman–Crippen MR) is 135 cm³/mol. The van der Waals surface area contributed by atoms with Crippen LogP contribution < -0.4 is 11.1 Å². The molecule has 34 heavy (non-hydrogen) atoms. The average Bonchev–Trinajstić information content (AvgIpc) is 3.19. The van der Waals surface area contributed by atoms with Crippen LogP contribution >= 0.6 is 0 Å². The SMILES string of the molecule is CC1(C)[C@H]2C[C@@H]3OB(C(CNC(=O)[C@@H](N)Cc4ccccc4)Cc4ccccc4)O[C@]3(C)[C@@H]1C2. The lowest BCUT2D eigenvalue weighted by Gasteiger charge is -2.64. The Hall–Kier alpha value is -2.15. The van der Waals surface area contributed by atoms with E-state index in [1.165, 1.54) is 12.0 Å². The van der Waals surface area contributed by atoms with Crippen molar-refractivity contribution in [3.8, 4) is 0 Å². The number of hydrogen-bond acceptors (Lipinski definition) is 4. The molecule has 2 bridgehead atoms. The van der Waals surface area contributed by atoms with Gasteiger partial charge in [0.15, 0.2) is 0 Å². The summed E-state index contributed by atoms with van der Waals surface area (Å²) in [4.78, 5) is 12.9. The van der Waals surface area contributed by atoms with Gasteiger partial charge in [-0.15, -0.1) is 0 Å². The molecule has 1 amide bonds. The normalized spacial score (nSPS) is 30.7. The molecule has 3 aliphatic carbocycles. The van der Waals surface area contributed by atoms with Gasteiger partial charge in [0.1, 0.15) is 0 Å². The summed E-state index contributed by atoms with van der Waals surface area (Å²) >= 11 is 0. The summed E-state index contributed by atoms with van der Waals surface area (Å²) in [6.07, 6.45) is 3.71. The second kappa shape index (κ2) is 9.14. The van der Waals surface area contributed by atoms with Gasteiger partial charge in [-0.3, -0.25) is 4.79 Å². The van der Waals surface area contributed by atoms with E-state index in [9.17, 15) is 4.79 Å². The lowest BCUT2D eigenvalue weighted by molar-refractivity contribution is -0.199. The highest BCUT2D eigenvalue weighted by atomic mass is 16.7. The van der Waals surface area contributed by atoms with Gasteiger partial charge in [-0.25, -0.2) is 0 Å². The highest BCUT2D eigenvalue weighted by molar-refractivity contribution is 6.47. The Bertz CT molecular complexity index is 1000. The zero-order valence-corrected chi connectivity index (χ0v) is 20.6. The second-order valence-corrected chi connectivity index (χ2v) is 11.3. The second-order valence-electron chi connectivity index (χ2n) is 11.3. The number of amides is 1. The van der Waals surface area contributed by atoms with Gasteiger partial charge < -0.3 is 20.4 Å². The minimum absolute atomic E-state index is 0.0120. The number of hydrogen-bond donors (Lipinski definition) is 2. The number of nitrogens with two attached hydrogens (primary N) is 1. The molecule has 0 spiro atoms. The fourth-order valence-electron chi connectivity index (χ4n) is 6.61. The van der Waals surface area contributed by atoms with E-state index in [1.807, 2.05) is 36.4 Å². The summed E-state index contributed by atoms with van der Waals surface area (Å²) < 4.78 is 13.3. The van der Waals surface area contributed by atoms with Crippen LogP contribution in [0.5, 0.6) is 0 Å². The molecule has 2 aromatic rings. The molecular formula is C28H37BN2O3. The van der Waals surface area contributed by atoms with Gasteiger partial charge >= 0.3 is 7.12 Å². The highest BCUT2D eigenvalue weighted by Gasteiger charge is 2.68.